The summed E-state index contributed by atoms with van der Waals surface area (Å²) in [6.07, 6.45) is 0. The van der Waals surface area contributed by atoms with Crippen LogP contribution in [0.15, 0.2) is 42.5 Å². The van der Waals surface area contributed by atoms with Crippen LogP contribution in [-0.4, -0.2) is 12.1 Å². The average Bonchev–Trinajstić information content (AvgIpc) is 2.50. The number of rotatable bonds is 3. The Bertz CT molecular complexity index is 849. The summed E-state index contributed by atoms with van der Waals surface area (Å²) in [5, 5.41) is 3.71. The van der Waals surface area contributed by atoms with E-state index >= 15 is 0 Å². The van der Waals surface area contributed by atoms with Crippen LogP contribution >= 0.6 is 0 Å². The number of anilines is 2. The molecule has 0 aliphatic rings. The number of aromatic nitrogens is 1. The summed E-state index contributed by atoms with van der Waals surface area (Å²) in [5.74, 6) is -0.396. The van der Waals surface area contributed by atoms with E-state index in [2.05, 4.69) is 10.3 Å². The number of fused-ring (bicyclic) bond motifs is 1. The van der Waals surface area contributed by atoms with Crippen molar-refractivity contribution >= 4 is 22.3 Å². The molecule has 0 bridgehead atoms. The highest BCUT2D eigenvalue weighted by atomic mass is 19.1. The van der Waals surface area contributed by atoms with Crippen LogP contribution in [0.2, 0.25) is 0 Å². The maximum Gasteiger partial charge on any atom is 0.146 e. The van der Waals surface area contributed by atoms with Crippen molar-refractivity contribution < 1.29 is 13.5 Å². The Morgan fingerprint density at radius 1 is 1.05 bits per heavy atom. The first-order valence-electron chi connectivity index (χ1n) is 6.75. The zero-order chi connectivity index (χ0) is 15.7. The van der Waals surface area contributed by atoms with E-state index in [0.29, 0.717) is 17.0 Å². The molecule has 112 valence electrons. The number of ether oxygens (including phenoxy) is 1. The lowest BCUT2D eigenvalue weighted by molar-refractivity contribution is 0.419. The maximum atomic E-state index is 13.8. The lowest BCUT2D eigenvalue weighted by atomic mass is 10.1. The molecular weight excluding hydrogens is 286 g/mol. The Hall–Kier alpha value is -2.69. The van der Waals surface area contributed by atoms with E-state index in [1.54, 1.807) is 19.2 Å². The second-order valence-electron chi connectivity index (χ2n) is 4.92. The van der Waals surface area contributed by atoms with Crippen molar-refractivity contribution in [3.05, 3.63) is 59.8 Å². The van der Waals surface area contributed by atoms with Gasteiger partial charge in [0.2, 0.25) is 0 Å². The number of benzene rings is 2. The van der Waals surface area contributed by atoms with E-state index in [-0.39, 0.29) is 5.69 Å². The van der Waals surface area contributed by atoms with Gasteiger partial charge in [-0.25, -0.2) is 13.8 Å². The average molecular weight is 300 g/mol. The van der Waals surface area contributed by atoms with Crippen LogP contribution in [0.3, 0.4) is 0 Å². The van der Waals surface area contributed by atoms with Gasteiger partial charge in [-0.15, -0.1) is 0 Å². The molecule has 0 radical (unpaired) electrons. The van der Waals surface area contributed by atoms with E-state index in [4.69, 9.17) is 4.74 Å². The van der Waals surface area contributed by atoms with Gasteiger partial charge in [-0.1, -0.05) is 12.1 Å². The molecule has 3 aromatic rings. The summed E-state index contributed by atoms with van der Waals surface area (Å²) in [6.45, 7) is 1.83. The molecule has 0 saturated carbocycles. The molecule has 0 spiro atoms. The molecule has 1 aromatic heterocycles. The monoisotopic (exact) mass is 300 g/mol. The quantitative estimate of drug-likeness (QED) is 0.769. The van der Waals surface area contributed by atoms with Crippen LogP contribution in [-0.2, 0) is 0 Å². The Morgan fingerprint density at radius 2 is 1.86 bits per heavy atom. The normalized spacial score (nSPS) is 10.7. The summed E-state index contributed by atoms with van der Waals surface area (Å²) in [5.41, 5.74) is 2.14. The molecule has 0 fully saturated rings. The minimum Gasteiger partial charge on any atom is -0.494 e. The Morgan fingerprint density at radius 3 is 2.64 bits per heavy atom. The molecule has 2 aromatic carbocycles. The van der Waals surface area contributed by atoms with Gasteiger partial charge in [0, 0.05) is 22.8 Å². The number of aryl methyl sites for hydroxylation is 1. The molecule has 22 heavy (non-hydrogen) atoms. The summed E-state index contributed by atoms with van der Waals surface area (Å²) < 4.78 is 32.5. The van der Waals surface area contributed by atoms with Gasteiger partial charge in [0.1, 0.15) is 22.9 Å². The number of nitrogens with one attached hydrogen (secondary N) is 1. The van der Waals surface area contributed by atoms with Crippen LogP contribution in [0.1, 0.15) is 5.69 Å². The fraction of sp³-hybridized carbons (Fsp3) is 0.118. The van der Waals surface area contributed by atoms with Crippen molar-refractivity contribution in [2.75, 3.05) is 12.4 Å². The summed E-state index contributed by atoms with van der Waals surface area (Å²) >= 11 is 0. The third kappa shape index (κ3) is 2.57. The number of nitrogens with zero attached hydrogens (tertiary/aromatic N) is 1. The number of hydrogen-bond donors (Lipinski definition) is 1. The molecule has 3 nitrogen and oxygen atoms in total. The second-order valence-corrected chi connectivity index (χ2v) is 4.92. The Kier molecular flexibility index (Phi) is 3.63. The first-order valence-corrected chi connectivity index (χ1v) is 6.75. The highest BCUT2D eigenvalue weighted by molar-refractivity contribution is 5.96. The van der Waals surface area contributed by atoms with E-state index in [9.17, 15) is 8.78 Å². The van der Waals surface area contributed by atoms with Gasteiger partial charge in [-0.2, -0.15) is 0 Å². The van der Waals surface area contributed by atoms with Crippen molar-refractivity contribution in [2.24, 2.45) is 0 Å². The van der Waals surface area contributed by atoms with Crippen LogP contribution in [0.4, 0.5) is 20.2 Å². The largest absolute Gasteiger partial charge is 0.494 e. The van der Waals surface area contributed by atoms with Crippen LogP contribution < -0.4 is 10.1 Å². The molecule has 5 heteroatoms. The van der Waals surface area contributed by atoms with Crippen molar-refractivity contribution in [3.8, 4) is 5.75 Å². The van der Waals surface area contributed by atoms with Gasteiger partial charge >= 0.3 is 0 Å². The molecule has 0 unspecified atom stereocenters. The fourth-order valence-electron chi connectivity index (χ4n) is 2.36. The van der Waals surface area contributed by atoms with Crippen molar-refractivity contribution in [3.63, 3.8) is 0 Å². The SMILES string of the molecule is COc1cccc2c(Nc3cc(F)ccc3F)cc(C)nc12. The standard InChI is InChI=1S/C17H14F2N2O/c1-10-8-14(21-15-9-11(18)6-7-13(15)19)12-4-3-5-16(22-2)17(12)20-10/h3-9H,1-2H3,(H,20,21). The number of pyridine rings is 1. The second kappa shape index (κ2) is 5.60. The van der Waals surface area contributed by atoms with E-state index in [0.717, 1.165) is 29.3 Å². The summed E-state index contributed by atoms with van der Waals surface area (Å²) in [4.78, 5) is 4.46. The van der Waals surface area contributed by atoms with Gasteiger partial charge in [0.25, 0.3) is 0 Å². The lowest BCUT2D eigenvalue weighted by Crippen LogP contribution is -1.98. The zero-order valence-corrected chi connectivity index (χ0v) is 12.2. The topological polar surface area (TPSA) is 34.1 Å². The van der Waals surface area contributed by atoms with Gasteiger partial charge in [-0.05, 0) is 31.2 Å². The third-order valence-corrected chi connectivity index (χ3v) is 3.35. The molecule has 0 amide bonds. The predicted molar refractivity (Wildman–Crippen MR) is 82.7 cm³/mol. The molecular formula is C17H14F2N2O. The highest BCUT2D eigenvalue weighted by Crippen LogP contribution is 2.32. The first kappa shape index (κ1) is 14.3. The summed E-state index contributed by atoms with van der Waals surface area (Å²) in [6, 6.07) is 10.6. The Labute approximate surface area is 126 Å². The number of hydrogen-bond acceptors (Lipinski definition) is 3. The highest BCUT2D eigenvalue weighted by Gasteiger charge is 2.11. The van der Waals surface area contributed by atoms with Gasteiger partial charge in [0.05, 0.1) is 12.8 Å². The van der Waals surface area contributed by atoms with Gasteiger partial charge in [-0.3, -0.25) is 0 Å². The maximum absolute atomic E-state index is 13.8. The zero-order valence-electron chi connectivity index (χ0n) is 12.2. The number of methoxy groups -OCH3 is 1. The van der Waals surface area contributed by atoms with Crippen molar-refractivity contribution in [1.82, 2.24) is 4.98 Å². The number of halogens is 2. The Balaban J connectivity index is 2.16. The van der Waals surface area contributed by atoms with Gasteiger partial charge < -0.3 is 10.1 Å². The van der Waals surface area contributed by atoms with E-state index in [1.807, 2.05) is 19.1 Å². The first-order chi connectivity index (χ1) is 10.6. The van der Waals surface area contributed by atoms with E-state index in [1.165, 1.54) is 0 Å². The molecule has 0 aliphatic carbocycles. The minimum atomic E-state index is -0.521. The summed E-state index contributed by atoms with van der Waals surface area (Å²) in [7, 11) is 1.57. The van der Waals surface area contributed by atoms with Crippen LogP contribution in [0.25, 0.3) is 10.9 Å². The van der Waals surface area contributed by atoms with Crippen molar-refractivity contribution in [1.29, 1.82) is 0 Å². The lowest BCUT2D eigenvalue weighted by Gasteiger charge is -2.13. The van der Waals surface area contributed by atoms with E-state index < -0.39 is 11.6 Å². The van der Waals surface area contributed by atoms with Crippen LogP contribution in [0.5, 0.6) is 5.75 Å². The molecule has 1 heterocycles. The van der Waals surface area contributed by atoms with Gasteiger partial charge in [0.15, 0.2) is 0 Å². The predicted octanol–water partition coefficient (Wildman–Crippen LogP) is 4.57. The molecule has 0 aliphatic heterocycles. The number of para-hydroxylation sites is 1. The molecule has 3 rings (SSSR count). The minimum absolute atomic E-state index is 0.0784. The van der Waals surface area contributed by atoms with Crippen LogP contribution in [0, 0.1) is 18.6 Å². The van der Waals surface area contributed by atoms with Crippen molar-refractivity contribution in [2.45, 2.75) is 6.92 Å². The molecule has 0 atom stereocenters. The fourth-order valence-corrected chi connectivity index (χ4v) is 2.36. The third-order valence-electron chi connectivity index (χ3n) is 3.35. The molecule has 1 N–H and O–H groups in total. The smallest absolute Gasteiger partial charge is 0.146 e. The molecule has 0 saturated heterocycles.